The van der Waals surface area contributed by atoms with Gasteiger partial charge in [0.1, 0.15) is 0 Å². The molecule has 1 N–H and O–H groups in total. The van der Waals surface area contributed by atoms with Gasteiger partial charge in [-0.15, -0.1) is 24.0 Å². The molecule has 1 saturated heterocycles. The van der Waals surface area contributed by atoms with Crippen LogP contribution in [0.3, 0.4) is 0 Å². The van der Waals surface area contributed by atoms with Gasteiger partial charge in [0.25, 0.3) is 0 Å². The molecule has 0 aliphatic carbocycles. The molecule has 0 saturated carbocycles. The Bertz CT molecular complexity index is 715. The van der Waals surface area contributed by atoms with E-state index < -0.39 is 0 Å². The highest BCUT2D eigenvalue weighted by atomic mass is 127. The summed E-state index contributed by atoms with van der Waals surface area (Å²) in [6.45, 7) is 5.37. The number of aliphatic imine (C=N–C) groups is 1. The molecular formula is C21H29IN4O. The van der Waals surface area contributed by atoms with E-state index in [0.717, 1.165) is 38.7 Å². The van der Waals surface area contributed by atoms with E-state index in [1.165, 1.54) is 16.8 Å². The number of rotatable bonds is 5. The number of methoxy groups -OCH3 is 1. The minimum Gasteiger partial charge on any atom is -0.380 e. The fraction of sp³-hybridized carbons (Fsp3) is 0.381. The zero-order valence-electron chi connectivity index (χ0n) is 16.1. The Kier molecular flexibility index (Phi) is 8.87. The smallest absolute Gasteiger partial charge is 0.194 e. The summed E-state index contributed by atoms with van der Waals surface area (Å²) < 4.78 is 5.21. The lowest BCUT2D eigenvalue weighted by atomic mass is 10.1. The normalized spacial score (nSPS) is 14.7. The molecule has 1 heterocycles. The van der Waals surface area contributed by atoms with Crippen molar-refractivity contribution in [2.75, 3.05) is 45.2 Å². The Morgan fingerprint density at radius 2 is 1.70 bits per heavy atom. The van der Waals surface area contributed by atoms with Crippen LogP contribution in [0.1, 0.15) is 11.1 Å². The maximum atomic E-state index is 5.21. The number of ether oxygens (including phenoxy) is 1. The third-order valence-electron chi connectivity index (χ3n) is 4.67. The van der Waals surface area contributed by atoms with Crippen molar-refractivity contribution in [2.24, 2.45) is 4.99 Å². The molecule has 6 heteroatoms. The molecule has 0 atom stereocenters. The third kappa shape index (κ3) is 6.10. The fourth-order valence-electron chi connectivity index (χ4n) is 3.32. The molecular weight excluding hydrogens is 451 g/mol. The number of nitrogens with one attached hydrogen (secondary N) is 1. The molecule has 0 spiro atoms. The summed E-state index contributed by atoms with van der Waals surface area (Å²) in [7, 11) is 3.58. The summed E-state index contributed by atoms with van der Waals surface area (Å²) in [6.07, 6.45) is 0. The first-order chi connectivity index (χ1) is 12.8. The van der Waals surface area contributed by atoms with Gasteiger partial charge in [-0.1, -0.05) is 42.5 Å². The number of guanidine groups is 1. The van der Waals surface area contributed by atoms with Crippen LogP contribution in [0.4, 0.5) is 5.69 Å². The second-order valence-electron chi connectivity index (χ2n) is 6.46. The van der Waals surface area contributed by atoms with E-state index in [1.54, 1.807) is 7.11 Å². The van der Waals surface area contributed by atoms with Crippen LogP contribution in [0.2, 0.25) is 0 Å². The largest absolute Gasteiger partial charge is 0.380 e. The summed E-state index contributed by atoms with van der Waals surface area (Å²) >= 11 is 0. The molecule has 2 aromatic carbocycles. The van der Waals surface area contributed by atoms with Gasteiger partial charge in [-0.05, 0) is 23.3 Å². The van der Waals surface area contributed by atoms with Gasteiger partial charge < -0.3 is 19.9 Å². The Hall–Kier alpha value is -1.80. The molecule has 0 radical (unpaired) electrons. The SMILES string of the molecule is CN=C(NCc1cccc(COC)c1)N1CCN(c2ccccc2)CC1.I. The average molecular weight is 480 g/mol. The number of benzene rings is 2. The van der Waals surface area contributed by atoms with Crippen molar-refractivity contribution in [1.82, 2.24) is 10.2 Å². The van der Waals surface area contributed by atoms with Crippen molar-refractivity contribution < 1.29 is 4.74 Å². The van der Waals surface area contributed by atoms with Gasteiger partial charge in [-0.3, -0.25) is 4.99 Å². The summed E-state index contributed by atoms with van der Waals surface area (Å²) in [4.78, 5) is 9.23. The second kappa shape index (κ2) is 11.1. The van der Waals surface area contributed by atoms with Crippen LogP contribution in [0, 0.1) is 0 Å². The Labute approximate surface area is 179 Å². The number of para-hydroxylation sites is 1. The van der Waals surface area contributed by atoms with Gasteiger partial charge >= 0.3 is 0 Å². The summed E-state index contributed by atoms with van der Waals surface area (Å²) in [5, 5.41) is 3.50. The molecule has 2 aromatic rings. The van der Waals surface area contributed by atoms with Crippen molar-refractivity contribution >= 4 is 35.6 Å². The third-order valence-corrected chi connectivity index (χ3v) is 4.67. The van der Waals surface area contributed by atoms with Crippen LogP contribution in [-0.2, 0) is 17.9 Å². The molecule has 0 unspecified atom stereocenters. The topological polar surface area (TPSA) is 40.1 Å². The second-order valence-corrected chi connectivity index (χ2v) is 6.46. The standard InChI is InChI=1S/C21H28N4O.HI/c1-22-21(23-16-18-7-6-8-19(15-18)17-26-2)25-13-11-24(12-14-25)20-9-4-3-5-10-20;/h3-10,15H,11-14,16-17H2,1-2H3,(H,22,23);1H. The van der Waals surface area contributed by atoms with Gasteiger partial charge in [-0.25, -0.2) is 0 Å². The van der Waals surface area contributed by atoms with Gasteiger partial charge in [0.15, 0.2) is 5.96 Å². The highest BCUT2D eigenvalue weighted by Crippen LogP contribution is 2.15. The minimum absolute atomic E-state index is 0. The van der Waals surface area contributed by atoms with Gasteiger partial charge in [0.05, 0.1) is 6.61 Å². The minimum atomic E-state index is 0. The summed E-state index contributed by atoms with van der Waals surface area (Å²) in [5.74, 6) is 0.967. The zero-order valence-corrected chi connectivity index (χ0v) is 18.4. The first-order valence-corrected chi connectivity index (χ1v) is 9.12. The van der Waals surface area contributed by atoms with E-state index in [0.29, 0.717) is 6.61 Å². The van der Waals surface area contributed by atoms with Crippen molar-refractivity contribution in [1.29, 1.82) is 0 Å². The maximum absolute atomic E-state index is 5.21. The summed E-state index contributed by atoms with van der Waals surface area (Å²) in [6, 6.07) is 19.1. The van der Waals surface area contributed by atoms with Crippen LogP contribution < -0.4 is 10.2 Å². The van der Waals surface area contributed by atoms with Crippen molar-refractivity contribution in [3.8, 4) is 0 Å². The first kappa shape index (κ1) is 21.5. The van der Waals surface area contributed by atoms with Crippen molar-refractivity contribution in [3.63, 3.8) is 0 Å². The van der Waals surface area contributed by atoms with Crippen LogP contribution in [-0.4, -0.2) is 51.2 Å². The van der Waals surface area contributed by atoms with Crippen LogP contribution >= 0.6 is 24.0 Å². The molecule has 146 valence electrons. The van der Waals surface area contributed by atoms with E-state index in [9.17, 15) is 0 Å². The zero-order chi connectivity index (χ0) is 18.2. The number of hydrogen-bond acceptors (Lipinski definition) is 3. The van der Waals surface area contributed by atoms with E-state index in [4.69, 9.17) is 4.74 Å². The number of nitrogens with zero attached hydrogens (tertiary/aromatic N) is 3. The molecule has 1 aliphatic rings. The van der Waals surface area contributed by atoms with Gasteiger partial charge in [0, 0.05) is 52.6 Å². The van der Waals surface area contributed by atoms with E-state index in [1.807, 2.05) is 7.05 Å². The highest BCUT2D eigenvalue weighted by molar-refractivity contribution is 14.0. The number of hydrogen-bond donors (Lipinski definition) is 1. The molecule has 1 fully saturated rings. The molecule has 0 bridgehead atoms. The lowest BCUT2D eigenvalue weighted by Crippen LogP contribution is -2.52. The van der Waals surface area contributed by atoms with E-state index in [-0.39, 0.29) is 24.0 Å². The molecule has 0 aromatic heterocycles. The number of halogens is 1. The molecule has 3 rings (SSSR count). The molecule has 5 nitrogen and oxygen atoms in total. The Balaban J connectivity index is 0.00000261. The van der Waals surface area contributed by atoms with Crippen LogP contribution in [0.5, 0.6) is 0 Å². The van der Waals surface area contributed by atoms with Crippen molar-refractivity contribution in [2.45, 2.75) is 13.2 Å². The number of piperazine rings is 1. The molecule has 0 amide bonds. The average Bonchev–Trinajstić information content (AvgIpc) is 2.70. The number of anilines is 1. The molecule has 1 aliphatic heterocycles. The monoisotopic (exact) mass is 480 g/mol. The van der Waals surface area contributed by atoms with Gasteiger partial charge in [-0.2, -0.15) is 0 Å². The first-order valence-electron chi connectivity index (χ1n) is 9.12. The molecule has 27 heavy (non-hydrogen) atoms. The fourth-order valence-corrected chi connectivity index (χ4v) is 3.32. The quantitative estimate of drug-likeness (QED) is 0.405. The lowest BCUT2D eigenvalue weighted by molar-refractivity contribution is 0.185. The van der Waals surface area contributed by atoms with Gasteiger partial charge in [0.2, 0.25) is 0 Å². The maximum Gasteiger partial charge on any atom is 0.194 e. The van der Waals surface area contributed by atoms with Crippen LogP contribution in [0.15, 0.2) is 59.6 Å². The van der Waals surface area contributed by atoms with Crippen LogP contribution in [0.25, 0.3) is 0 Å². The van der Waals surface area contributed by atoms with Crippen molar-refractivity contribution in [3.05, 3.63) is 65.7 Å². The Morgan fingerprint density at radius 3 is 2.37 bits per heavy atom. The highest BCUT2D eigenvalue weighted by Gasteiger charge is 2.19. The predicted molar refractivity (Wildman–Crippen MR) is 123 cm³/mol. The Morgan fingerprint density at radius 1 is 1.00 bits per heavy atom. The predicted octanol–water partition coefficient (Wildman–Crippen LogP) is 3.35. The van der Waals surface area contributed by atoms with E-state index in [2.05, 4.69) is 74.7 Å². The summed E-state index contributed by atoms with van der Waals surface area (Å²) in [5.41, 5.74) is 3.73. The van der Waals surface area contributed by atoms with E-state index >= 15 is 0 Å². The lowest BCUT2D eigenvalue weighted by Gasteiger charge is -2.37.